The molecule has 1 saturated carbocycles. The van der Waals surface area contributed by atoms with Gasteiger partial charge in [0, 0.05) is 17.9 Å². The quantitative estimate of drug-likeness (QED) is 0.920. The number of nitrogens with zero attached hydrogens (tertiary/aromatic N) is 2. The van der Waals surface area contributed by atoms with Crippen LogP contribution in [0.5, 0.6) is 0 Å². The van der Waals surface area contributed by atoms with Crippen LogP contribution in [-0.2, 0) is 4.79 Å². The van der Waals surface area contributed by atoms with E-state index < -0.39 is 0 Å². The number of nitrogens with one attached hydrogen (secondary N) is 1. The number of carbonyl (C=O) groups is 1. The van der Waals surface area contributed by atoms with Crippen LogP contribution in [0.3, 0.4) is 0 Å². The molecule has 1 fully saturated rings. The normalized spacial score (nSPS) is 21.7. The fourth-order valence-electron chi connectivity index (χ4n) is 3.66. The van der Waals surface area contributed by atoms with Crippen LogP contribution < -0.4 is 5.32 Å². The highest BCUT2D eigenvalue weighted by atomic mass is 19.1. The van der Waals surface area contributed by atoms with Gasteiger partial charge in [-0.05, 0) is 30.5 Å². The van der Waals surface area contributed by atoms with Crippen LogP contribution in [0.4, 0.5) is 10.2 Å². The van der Waals surface area contributed by atoms with E-state index in [2.05, 4.69) is 10.4 Å². The Bertz CT molecular complexity index is 701. The summed E-state index contributed by atoms with van der Waals surface area (Å²) in [6.07, 6.45) is 6.91. The summed E-state index contributed by atoms with van der Waals surface area (Å²) in [7, 11) is 0. The van der Waals surface area contributed by atoms with Crippen molar-refractivity contribution in [2.45, 2.75) is 44.1 Å². The van der Waals surface area contributed by atoms with Gasteiger partial charge in [0.2, 0.25) is 5.91 Å². The highest BCUT2D eigenvalue weighted by Gasteiger charge is 2.32. The van der Waals surface area contributed by atoms with E-state index in [0.717, 1.165) is 29.8 Å². The standard InChI is InChI=1S/C17H18FN3O/c18-12-7-5-11(6-8-12)14-9-16(22)20-17-15(14)10-19-21(17)13-3-1-2-4-13/h5-8,10,13-14H,1-4,9H2,(H,20,22). The Morgan fingerprint density at radius 1 is 1.18 bits per heavy atom. The van der Waals surface area contributed by atoms with Gasteiger partial charge in [0.15, 0.2) is 0 Å². The Hall–Kier alpha value is -2.17. The highest BCUT2D eigenvalue weighted by Crippen LogP contribution is 2.40. The minimum absolute atomic E-state index is 0.00146. The molecule has 0 bridgehead atoms. The summed E-state index contributed by atoms with van der Waals surface area (Å²) < 4.78 is 15.1. The second kappa shape index (κ2) is 5.23. The van der Waals surface area contributed by atoms with Gasteiger partial charge in [0.1, 0.15) is 11.6 Å². The van der Waals surface area contributed by atoms with Crippen molar-refractivity contribution in [1.82, 2.24) is 9.78 Å². The summed E-state index contributed by atoms with van der Waals surface area (Å²) in [6.45, 7) is 0. The lowest BCUT2D eigenvalue weighted by atomic mass is 9.87. The van der Waals surface area contributed by atoms with Crippen molar-refractivity contribution in [2.75, 3.05) is 5.32 Å². The summed E-state index contributed by atoms with van der Waals surface area (Å²) >= 11 is 0. The topological polar surface area (TPSA) is 46.9 Å². The summed E-state index contributed by atoms with van der Waals surface area (Å²) in [4.78, 5) is 12.1. The molecule has 1 amide bonds. The molecule has 1 aliphatic heterocycles. The maximum atomic E-state index is 13.1. The minimum atomic E-state index is -0.258. The van der Waals surface area contributed by atoms with Crippen LogP contribution in [0, 0.1) is 5.82 Å². The number of carbonyl (C=O) groups excluding carboxylic acids is 1. The van der Waals surface area contributed by atoms with Crippen molar-refractivity contribution in [1.29, 1.82) is 0 Å². The molecular weight excluding hydrogens is 281 g/mol. The molecule has 0 saturated heterocycles. The average molecular weight is 299 g/mol. The van der Waals surface area contributed by atoms with Crippen LogP contribution in [0.1, 0.15) is 55.2 Å². The Morgan fingerprint density at radius 2 is 1.91 bits per heavy atom. The van der Waals surface area contributed by atoms with Gasteiger partial charge >= 0.3 is 0 Å². The molecule has 2 aromatic rings. The molecule has 1 aromatic heterocycles. The number of hydrogen-bond acceptors (Lipinski definition) is 2. The molecule has 5 heteroatoms. The van der Waals surface area contributed by atoms with Gasteiger partial charge in [-0.2, -0.15) is 5.10 Å². The van der Waals surface area contributed by atoms with Gasteiger partial charge in [0.25, 0.3) is 0 Å². The number of anilines is 1. The third-order valence-electron chi connectivity index (χ3n) is 4.79. The molecule has 2 heterocycles. The zero-order chi connectivity index (χ0) is 15.1. The van der Waals surface area contributed by atoms with Gasteiger partial charge in [-0.25, -0.2) is 9.07 Å². The van der Waals surface area contributed by atoms with Crippen molar-refractivity contribution in [3.05, 3.63) is 47.4 Å². The van der Waals surface area contributed by atoms with Gasteiger partial charge in [-0.1, -0.05) is 25.0 Å². The van der Waals surface area contributed by atoms with E-state index in [9.17, 15) is 9.18 Å². The first-order chi connectivity index (χ1) is 10.7. The zero-order valence-electron chi connectivity index (χ0n) is 12.3. The SMILES string of the molecule is O=C1CC(c2ccc(F)cc2)c2cnn(C3CCCC3)c2N1. The number of hydrogen-bond donors (Lipinski definition) is 1. The number of halogens is 1. The van der Waals surface area contributed by atoms with E-state index in [1.165, 1.54) is 25.0 Å². The summed E-state index contributed by atoms with van der Waals surface area (Å²) in [5.74, 6) is 0.532. The summed E-state index contributed by atoms with van der Waals surface area (Å²) in [6, 6.07) is 6.80. The van der Waals surface area contributed by atoms with Gasteiger partial charge in [-0.15, -0.1) is 0 Å². The van der Waals surface area contributed by atoms with E-state index in [1.54, 1.807) is 12.1 Å². The Labute approximate surface area is 128 Å². The highest BCUT2D eigenvalue weighted by molar-refractivity contribution is 5.94. The molecule has 1 aromatic carbocycles. The lowest BCUT2D eigenvalue weighted by Crippen LogP contribution is -2.25. The Kier molecular flexibility index (Phi) is 3.21. The summed E-state index contributed by atoms with van der Waals surface area (Å²) in [5, 5.41) is 7.52. The van der Waals surface area contributed by atoms with E-state index in [1.807, 2.05) is 10.9 Å². The van der Waals surface area contributed by atoms with Crippen molar-refractivity contribution < 1.29 is 9.18 Å². The third kappa shape index (κ3) is 2.21. The zero-order valence-corrected chi connectivity index (χ0v) is 12.3. The number of amides is 1. The molecular formula is C17H18FN3O. The minimum Gasteiger partial charge on any atom is -0.311 e. The molecule has 22 heavy (non-hydrogen) atoms. The van der Waals surface area contributed by atoms with E-state index in [-0.39, 0.29) is 17.6 Å². The molecule has 1 N–H and O–H groups in total. The fourth-order valence-corrected chi connectivity index (χ4v) is 3.66. The maximum absolute atomic E-state index is 13.1. The first-order valence-corrected chi connectivity index (χ1v) is 7.85. The number of aromatic nitrogens is 2. The molecule has 2 aliphatic rings. The lowest BCUT2D eigenvalue weighted by molar-refractivity contribution is -0.116. The molecule has 0 radical (unpaired) electrons. The molecule has 0 spiro atoms. The molecule has 1 unspecified atom stereocenters. The molecule has 1 aliphatic carbocycles. The number of benzene rings is 1. The van der Waals surface area contributed by atoms with Gasteiger partial charge < -0.3 is 5.32 Å². The smallest absolute Gasteiger partial charge is 0.226 e. The monoisotopic (exact) mass is 299 g/mol. The van der Waals surface area contributed by atoms with Crippen molar-refractivity contribution in [3.8, 4) is 0 Å². The van der Waals surface area contributed by atoms with E-state index >= 15 is 0 Å². The molecule has 4 nitrogen and oxygen atoms in total. The van der Waals surface area contributed by atoms with E-state index in [4.69, 9.17) is 0 Å². The maximum Gasteiger partial charge on any atom is 0.226 e. The molecule has 114 valence electrons. The van der Waals surface area contributed by atoms with Crippen molar-refractivity contribution in [2.24, 2.45) is 0 Å². The van der Waals surface area contributed by atoms with Crippen molar-refractivity contribution >= 4 is 11.7 Å². The van der Waals surface area contributed by atoms with Crippen LogP contribution in [0.2, 0.25) is 0 Å². The molecule has 4 rings (SSSR count). The van der Waals surface area contributed by atoms with Gasteiger partial charge in [-0.3, -0.25) is 4.79 Å². The fraction of sp³-hybridized carbons (Fsp3) is 0.412. The predicted octanol–water partition coefficient (Wildman–Crippen LogP) is 3.61. The second-order valence-electron chi connectivity index (χ2n) is 6.19. The Balaban J connectivity index is 1.74. The predicted molar refractivity (Wildman–Crippen MR) is 81.2 cm³/mol. The van der Waals surface area contributed by atoms with Crippen LogP contribution >= 0.6 is 0 Å². The summed E-state index contributed by atoms with van der Waals surface area (Å²) in [5.41, 5.74) is 2.00. The van der Waals surface area contributed by atoms with Crippen LogP contribution in [0.25, 0.3) is 0 Å². The average Bonchev–Trinajstić information content (AvgIpc) is 3.15. The Morgan fingerprint density at radius 3 is 2.64 bits per heavy atom. The third-order valence-corrected chi connectivity index (χ3v) is 4.79. The van der Waals surface area contributed by atoms with Crippen LogP contribution in [-0.4, -0.2) is 15.7 Å². The largest absolute Gasteiger partial charge is 0.311 e. The first kappa shape index (κ1) is 13.5. The number of rotatable bonds is 2. The van der Waals surface area contributed by atoms with Crippen LogP contribution in [0.15, 0.2) is 30.5 Å². The van der Waals surface area contributed by atoms with E-state index in [0.29, 0.717) is 12.5 Å². The lowest BCUT2D eigenvalue weighted by Gasteiger charge is -2.25. The van der Waals surface area contributed by atoms with Crippen molar-refractivity contribution in [3.63, 3.8) is 0 Å². The number of fused-ring (bicyclic) bond motifs is 1. The van der Waals surface area contributed by atoms with Gasteiger partial charge in [0.05, 0.1) is 12.2 Å². The first-order valence-electron chi connectivity index (χ1n) is 7.85. The molecule has 1 atom stereocenters. The second-order valence-corrected chi connectivity index (χ2v) is 6.19.